The molecule has 2 N–H and O–H groups in total. The van der Waals surface area contributed by atoms with Crippen LogP contribution in [0.1, 0.15) is 39.0 Å². The molecule has 2 atom stereocenters. The van der Waals surface area contributed by atoms with Crippen LogP contribution in [0.5, 0.6) is 0 Å². The van der Waals surface area contributed by atoms with Crippen molar-refractivity contribution < 1.29 is 5.11 Å². The van der Waals surface area contributed by atoms with Gasteiger partial charge in [0.05, 0.1) is 0 Å². The van der Waals surface area contributed by atoms with E-state index in [1.54, 1.807) is 0 Å². The van der Waals surface area contributed by atoms with Gasteiger partial charge in [0.15, 0.2) is 0 Å². The largest absolute Gasteiger partial charge is 0.378 e. The third kappa shape index (κ3) is 2.71. The summed E-state index contributed by atoms with van der Waals surface area (Å²) >= 11 is 0. The zero-order valence-corrected chi connectivity index (χ0v) is 9.78. The lowest BCUT2D eigenvalue weighted by Crippen LogP contribution is -2.56. The highest BCUT2D eigenvalue weighted by Crippen LogP contribution is 2.28. The molecule has 1 saturated heterocycles. The summed E-state index contributed by atoms with van der Waals surface area (Å²) < 4.78 is 0. The molecule has 0 amide bonds. The Morgan fingerprint density at radius 2 is 2.00 bits per heavy atom. The van der Waals surface area contributed by atoms with Gasteiger partial charge >= 0.3 is 0 Å². The smallest absolute Gasteiger partial charge is 0.110 e. The lowest BCUT2D eigenvalue weighted by molar-refractivity contribution is -0.0759. The quantitative estimate of drug-likeness (QED) is 0.721. The van der Waals surface area contributed by atoms with Crippen LogP contribution in [0.2, 0.25) is 0 Å². The van der Waals surface area contributed by atoms with Gasteiger partial charge in [0.25, 0.3) is 0 Å². The SMILES string of the molecule is C[C@@H]1CNCCN1C(O)C1CCCCC1. The van der Waals surface area contributed by atoms with E-state index >= 15 is 0 Å². The van der Waals surface area contributed by atoms with Gasteiger partial charge in [0.1, 0.15) is 6.23 Å². The van der Waals surface area contributed by atoms with Gasteiger partial charge in [-0.15, -0.1) is 0 Å². The molecule has 3 nitrogen and oxygen atoms in total. The normalized spacial score (nSPS) is 32.8. The fourth-order valence-electron chi connectivity index (χ4n) is 2.95. The molecule has 2 aliphatic rings. The molecule has 1 unspecified atom stereocenters. The summed E-state index contributed by atoms with van der Waals surface area (Å²) in [6.45, 7) is 5.24. The topological polar surface area (TPSA) is 35.5 Å². The van der Waals surface area contributed by atoms with Crippen molar-refractivity contribution in [3.8, 4) is 0 Å². The molecular formula is C12H24N2O. The number of rotatable bonds is 2. The minimum absolute atomic E-state index is 0.192. The first-order valence-corrected chi connectivity index (χ1v) is 6.43. The second-order valence-corrected chi connectivity index (χ2v) is 5.10. The van der Waals surface area contributed by atoms with Gasteiger partial charge < -0.3 is 10.4 Å². The summed E-state index contributed by atoms with van der Waals surface area (Å²) in [5.74, 6) is 0.527. The number of nitrogens with zero attached hydrogens (tertiary/aromatic N) is 1. The molecule has 3 heteroatoms. The minimum atomic E-state index is -0.192. The van der Waals surface area contributed by atoms with Crippen LogP contribution in [-0.2, 0) is 0 Å². The van der Waals surface area contributed by atoms with Gasteiger partial charge in [-0.2, -0.15) is 0 Å². The third-order valence-corrected chi connectivity index (χ3v) is 3.96. The zero-order chi connectivity index (χ0) is 10.7. The van der Waals surface area contributed by atoms with Crippen LogP contribution in [0.3, 0.4) is 0 Å². The molecule has 0 aromatic rings. The standard InChI is InChI=1S/C12H24N2O/c1-10-9-13-7-8-14(10)12(15)11-5-3-2-4-6-11/h10-13,15H,2-9H2,1H3/t10-,12?/m1/s1. The average Bonchev–Trinajstić information content (AvgIpc) is 2.30. The van der Waals surface area contributed by atoms with Gasteiger partial charge in [-0.25, -0.2) is 0 Å². The minimum Gasteiger partial charge on any atom is -0.378 e. The van der Waals surface area contributed by atoms with E-state index < -0.39 is 0 Å². The molecule has 88 valence electrons. The summed E-state index contributed by atoms with van der Waals surface area (Å²) in [6.07, 6.45) is 6.22. The molecule has 0 bridgehead atoms. The van der Waals surface area contributed by atoms with Gasteiger partial charge in [-0.1, -0.05) is 19.3 Å². The molecule has 2 fully saturated rings. The predicted octanol–water partition coefficient (Wildman–Crippen LogP) is 1.18. The van der Waals surface area contributed by atoms with Crippen molar-refractivity contribution in [1.82, 2.24) is 10.2 Å². The van der Waals surface area contributed by atoms with Crippen LogP contribution >= 0.6 is 0 Å². The Kier molecular flexibility index (Phi) is 4.00. The molecule has 0 spiro atoms. The second kappa shape index (κ2) is 5.28. The van der Waals surface area contributed by atoms with E-state index in [1.807, 2.05) is 0 Å². The lowest BCUT2D eigenvalue weighted by Gasteiger charge is -2.41. The molecule has 0 aromatic heterocycles. The van der Waals surface area contributed by atoms with Crippen LogP contribution in [0.4, 0.5) is 0 Å². The van der Waals surface area contributed by atoms with Crippen LogP contribution in [0.15, 0.2) is 0 Å². The van der Waals surface area contributed by atoms with Gasteiger partial charge in [0, 0.05) is 25.7 Å². The highest BCUT2D eigenvalue weighted by molar-refractivity contribution is 4.82. The van der Waals surface area contributed by atoms with Crippen LogP contribution in [0, 0.1) is 5.92 Å². The highest BCUT2D eigenvalue weighted by atomic mass is 16.3. The highest BCUT2D eigenvalue weighted by Gasteiger charge is 2.30. The third-order valence-electron chi connectivity index (χ3n) is 3.96. The predicted molar refractivity (Wildman–Crippen MR) is 61.6 cm³/mol. The Bertz CT molecular complexity index is 192. The van der Waals surface area contributed by atoms with Crippen molar-refractivity contribution in [3.05, 3.63) is 0 Å². The number of hydrogen-bond donors (Lipinski definition) is 2. The van der Waals surface area contributed by atoms with Crippen molar-refractivity contribution in [2.24, 2.45) is 5.92 Å². The van der Waals surface area contributed by atoms with Crippen molar-refractivity contribution in [2.45, 2.75) is 51.3 Å². The van der Waals surface area contributed by atoms with E-state index in [2.05, 4.69) is 17.1 Å². The first kappa shape index (κ1) is 11.4. The first-order valence-electron chi connectivity index (χ1n) is 6.43. The van der Waals surface area contributed by atoms with Crippen molar-refractivity contribution in [2.75, 3.05) is 19.6 Å². The Balaban J connectivity index is 1.89. The number of hydrogen-bond acceptors (Lipinski definition) is 3. The number of aliphatic hydroxyl groups is 1. The second-order valence-electron chi connectivity index (χ2n) is 5.10. The van der Waals surface area contributed by atoms with Crippen molar-refractivity contribution in [3.63, 3.8) is 0 Å². The van der Waals surface area contributed by atoms with E-state index in [1.165, 1.54) is 32.1 Å². The Morgan fingerprint density at radius 1 is 1.27 bits per heavy atom. The maximum Gasteiger partial charge on any atom is 0.110 e. The number of aliphatic hydroxyl groups excluding tert-OH is 1. The maximum absolute atomic E-state index is 10.4. The molecule has 1 saturated carbocycles. The van der Waals surface area contributed by atoms with E-state index in [-0.39, 0.29) is 6.23 Å². The van der Waals surface area contributed by atoms with Crippen LogP contribution in [-0.4, -0.2) is 41.9 Å². The van der Waals surface area contributed by atoms with E-state index in [9.17, 15) is 5.11 Å². The Morgan fingerprint density at radius 3 is 2.67 bits per heavy atom. The fraction of sp³-hybridized carbons (Fsp3) is 1.00. The van der Waals surface area contributed by atoms with Crippen LogP contribution in [0.25, 0.3) is 0 Å². The molecule has 15 heavy (non-hydrogen) atoms. The Hall–Kier alpha value is -0.120. The summed E-state index contributed by atoms with van der Waals surface area (Å²) in [6, 6.07) is 0.482. The maximum atomic E-state index is 10.4. The monoisotopic (exact) mass is 212 g/mol. The molecule has 1 heterocycles. The first-order chi connectivity index (χ1) is 7.29. The van der Waals surface area contributed by atoms with Gasteiger partial charge in [-0.05, 0) is 25.7 Å². The zero-order valence-electron chi connectivity index (χ0n) is 9.78. The van der Waals surface area contributed by atoms with E-state index in [4.69, 9.17) is 0 Å². The number of nitrogens with one attached hydrogen (secondary N) is 1. The molecule has 0 radical (unpaired) electrons. The summed E-state index contributed by atoms with van der Waals surface area (Å²) in [4.78, 5) is 2.28. The molecule has 2 rings (SSSR count). The average molecular weight is 212 g/mol. The number of piperazine rings is 1. The van der Waals surface area contributed by atoms with Crippen molar-refractivity contribution >= 4 is 0 Å². The molecule has 0 aromatic carbocycles. The summed E-state index contributed by atoms with van der Waals surface area (Å²) in [5.41, 5.74) is 0. The lowest BCUT2D eigenvalue weighted by atomic mass is 9.87. The molecular weight excluding hydrogens is 188 g/mol. The molecule has 1 aliphatic heterocycles. The van der Waals surface area contributed by atoms with E-state index in [0.717, 1.165) is 19.6 Å². The van der Waals surface area contributed by atoms with Crippen molar-refractivity contribution in [1.29, 1.82) is 0 Å². The fourth-order valence-corrected chi connectivity index (χ4v) is 2.95. The van der Waals surface area contributed by atoms with Gasteiger partial charge in [0.2, 0.25) is 0 Å². The summed E-state index contributed by atoms with van der Waals surface area (Å²) in [5, 5.41) is 13.7. The molecule has 1 aliphatic carbocycles. The van der Waals surface area contributed by atoms with Gasteiger partial charge in [-0.3, -0.25) is 4.90 Å². The summed E-state index contributed by atoms with van der Waals surface area (Å²) in [7, 11) is 0. The Labute approximate surface area is 92.8 Å². The van der Waals surface area contributed by atoms with E-state index in [0.29, 0.717) is 12.0 Å². The van der Waals surface area contributed by atoms with Crippen LogP contribution < -0.4 is 5.32 Å².